The van der Waals surface area contributed by atoms with E-state index in [9.17, 15) is 9.90 Å². The maximum atomic E-state index is 12.7. The highest BCUT2D eigenvalue weighted by Gasteiger charge is 2.42. The minimum Gasteiger partial charge on any atom is -0.466 e. The second-order valence-corrected chi connectivity index (χ2v) is 12.0. The molecule has 1 saturated carbocycles. The first-order valence-electron chi connectivity index (χ1n) is 13.7. The smallest absolute Gasteiger partial charge is 0.249 e. The Morgan fingerprint density at radius 3 is 2.69 bits per heavy atom. The molecular weight excluding hydrogens is 490 g/mol. The summed E-state index contributed by atoms with van der Waals surface area (Å²) in [5, 5.41) is 17.8. The summed E-state index contributed by atoms with van der Waals surface area (Å²) in [4.78, 5) is 17.4. The predicted molar refractivity (Wildman–Crippen MR) is 153 cm³/mol. The maximum absolute atomic E-state index is 12.7. The zero-order chi connectivity index (χ0) is 28.2. The van der Waals surface area contributed by atoms with Crippen LogP contribution in [0.2, 0.25) is 0 Å². The number of hydrogen-bond donors (Lipinski definition) is 3. The number of pyridine rings is 1. The lowest BCUT2D eigenvalue weighted by Gasteiger charge is -2.43. The quantitative estimate of drug-likeness (QED) is 0.401. The van der Waals surface area contributed by atoms with Gasteiger partial charge in [0.25, 0.3) is 0 Å². The van der Waals surface area contributed by atoms with E-state index < -0.39 is 18.2 Å². The van der Waals surface area contributed by atoms with Crippen LogP contribution < -0.4 is 15.4 Å². The Morgan fingerprint density at radius 1 is 1.28 bits per heavy atom. The zero-order valence-corrected chi connectivity index (χ0v) is 23.7. The number of nitrogens with one attached hydrogen (secondary N) is 2. The van der Waals surface area contributed by atoms with Gasteiger partial charge in [-0.15, -0.1) is 6.42 Å². The summed E-state index contributed by atoms with van der Waals surface area (Å²) in [5.74, 6) is 2.98. The summed E-state index contributed by atoms with van der Waals surface area (Å²) in [6.07, 6.45) is 12.4. The minimum absolute atomic E-state index is 0.121. The molecule has 208 valence electrons. The molecule has 1 aliphatic carbocycles. The van der Waals surface area contributed by atoms with Gasteiger partial charge < -0.3 is 25.2 Å². The number of amides is 1. The van der Waals surface area contributed by atoms with Gasteiger partial charge >= 0.3 is 0 Å². The van der Waals surface area contributed by atoms with Crippen molar-refractivity contribution in [1.29, 1.82) is 0 Å². The van der Waals surface area contributed by atoms with Crippen LogP contribution in [0.25, 0.3) is 5.70 Å². The van der Waals surface area contributed by atoms with Crippen molar-refractivity contribution in [3.63, 3.8) is 0 Å². The molecule has 2 aromatic rings. The van der Waals surface area contributed by atoms with Gasteiger partial charge in [0, 0.05) is 31.1 Å². The lowest BCUT2D eigenvalue weighted by molar-refractivity contribution is -0.131. The average Bonchev–Trinajstić information content (AvgIpc) is 2.88. The fourth-order valence-electron chi connectivity index (χ4n) is 5.05. The van der Waals surface area contributed by atoms with Crippen LogP contribution in [0.3, 0.4) is 0 Å². The van der Waals surface area contributed by atoms with Crippen molar-refractivity contribution in [2.24, 2.45) is 5.41 Å². The number of carbonyl (C=O) groups is 1. The Kier molecular flexibility index (Phi) is 8.68. The van der Waals surface area contributed by atoms with E-state index in [2.05, 4.69) is 54.5 Å². The summed E-state index contributed by atoms with van der Waals surface area (Å²) in [5.41, 5.74) is 4.39. The van der Waals surface area contributed by atoms with E-state index in [0.717, 1.165) is 53.6 Å². The molecule has 3 N–H and O–H groups in total. The summed E-state index contributed by atoms with van der Waals surface area (Å²) in [7, 11) is 1.49. The Morgan fingerprint density at radius 2 is 2.05 bits per heavy atom. The Balaban J connectivity index is 1.55. The molecule has 7 nitrogen and oxygen atoms in total. The number of benzene rings is 1. The zero-order valence-electron chi connectivity index (χ0n) is 23.7. The molecule has 7 heteroatoms. The van der Waals surface area contributed by atoms with E-state index in [1.165, 1.54) is 7.11 Å². The normalized spacial score (nSPS) is 17.9. The Bertz CT molecular complexity index is 1250. The van der Waals surface area contributed by atoms with Crippen molar-refractivity contribution in [3.8, 4) is 18.2 Å². The van der Waals surface area contributed by atoms with Crippen molar-refractivity contribution < 1.29 is 19.4 Å². The number of ether oxygens (including phenoxy) is 2. The maximum Gasteiger partial charge on any atom is 0.249 e. The number of hydrogen-bond acceptors (Lipinski definition) is 6. The van der Waals surface area contributed by atoms with Gasteiger partial charge in [-0.25, -0.2) is 4.98 Å². The number of rotatable bonds is 10. The lowest BCUT2D eigenvalue weighted by atomic mass is 9.77. The molecule has 2 aliphatic rings. The number of aliphatic hydroxyl groups is 1. The van der Waals surface area contributed by atoms with Gasteiger partial charge in [-0.3, -0.25) is 4.79 Å². The molecule has 39 heavy (non-hydrogen) atoms. The molecule has 1 spiro atoms. The van der Waals surface area contributed by atoms with E-state index in [4.69, 9.17) is 15.9 Å². The molecule has 0 radical (unpaired) electrons. The van der Waals surface area contributed by atoms with Crippen molar-refractivity contribution in [2.75, 3.05) is 13.7 Å². The van der Waals surface area contributed by atoms with Crippen LogP contribution >= 0.6 is 0 Å². The first kappa shape index (κ1) is 28.7. The molecule has 0 saturated heterocycles. The third-order valence-electron chi connectivity index (χ3n) is 7.41. The fraction of sp³-hybridized carbons (Fsp3) is 0.500. The number of fused-ring (bicyclic) bond motifs is 1. The largest absolute Gasteiger partial charge is 0.466 e. The van der Waals surface area contributed by atoms with E-state index in [0.29, 0.717) is 12.3 Å². The molecule has 0 bridgehead atoms. The highest BCUT2D eigenvalue weighted by molar-refractivity contribution is 5.80. The molecule has 1 unspecified atom stereocenters. The number of aromatic nitrogens is 1. The van der Waals surface area contributed by atoms with Crippen molar-refractivity contribution >= 4 is 11.6 Å². The second kappa shape index (κ2) is 11.8. The van der Waals surface area contributed by atoms with Crippen LogP contribution in [0.1, 0.15) is 69.2 Å². The molecule has 1 aromatic carbocycles. The standard InChI is InChI=1S/C32H41N3O4/c1-7-22-10-8-11-23(14-22)16-26(35-29(37)21(2)38-6)28(36)20-33-27-18-32(12-9-13-32)39-30-25(27)15-24(19-34-30)17-31(3,4)5/h1,8,10-11,14-15,18-19,21,26,28,33,36H,9,12-13,16-17,20H2,2-6H3,(H,35,37)/t21-,26+,28?/m1/s1. The highest BCUT2D eigenvalue weighted by atomic mass is 16.5. The van der Waals surface area contributed by atoms with Gasteiger partial charge in [0.2, 0.25) is 11.8 Å². The monoisotopic (exact) mass is 531 g/mol. The Labute approximate surface area is 232 Å². The van der Waals surface area contributed by atoms with E-state index in [-0.39, 0.29) is 23.5 Å². The van der Waals surface area contributed by atoms with E-state index >= 15 is 0 Å². The number of carbonyl (C=O) groups excluding carboxylic acids is 1. The van der Waals surface area contributed by atoms with Crippen LogP contribution in [0.5, 0.6) is 5.88 Å². The summed E-state index contributed by atoms with van der Waals surface area (Å²) in [6, 6.07) is 9.16. The molecule has 1 aromatic heterocycles. The molecule has 3 atom stereocenters. The molecule has 1 aliphatic heterocycles. The van der Waals surface area contributed by atoms with Gasteiger partial charge in [-0.05, 0) is 79.8 Å². The van der Waals surface area contributed by atoms with E-state index in [1.807, 2.05) is 30.5 Å². The van der Waals surface area contributed by atoms with Gasteiger partial charge in [-0.2, -0.15) is 0 Å². The predicted octanol–water partition coefficient (Wildman–Crippen LogP) is 4.02. The molecule has 1 fully saturated rings. The second-order valence-electron chi connectivity index (χ2n) is 12.0. The third kappa shape index (κ3) is 7.20. The molecular formula is C32H41N3O4. The topological polar surface area (TPSA) is 92.7 Å². The van der Waals surface area contributed by atoms with Crippen molar-refractivity contribution in [3.05, 3.63) is 64.9 Å². The fourth-order valence-corrected chi connectivity index (χ4v) is 5.05. The third-order valence-corrected chi connectivity index (χ3v) is 7.41. The van der Waals surface area contributed by atoms with Crippen LogP contribution in [0.4, 0.5) is 0 Å². The summed E-state index contributed by atoms with van der Waals surface area (Å²) < 4.78 is 11.5. The Hall–Kier alpha value is -3.34. The van der Waals surface area contributed by atoms with Crippen LogP contribution in [0, 0.1) is 17.8 Å². The number of methoxy groups -OCH3 is 1. The van der Waals surface area contributed by atoms with E-state index in [1.54, 1.807) is 6.92 Å². The summed E-state index contributed by atoms with van der Waals surface area (Å²) >= 11 is 0. The molecule has 4 rings (SSSR count). The van der Waals surface area contributed by atoms with Gasteiger partial charge in [0.1, 0.15) is 11.7 Å². The van der Waals surface area contributed by atoms with Crippen LogP contribution in [-0.4, -0.2) is 53.5 Å². The summed E-state index contributed by atoms with van der Waals surface area (Å²) in [6.45, 7) is 8.52. The lowest BCUT2D eigenvalue weighted by Crippen LogP contribution is -2.51. The number of nitrogens with zero attached hydrogens (tertiary/aromatic N) is 1. The first-order valence-corrected chi connectivity index (χ1v) is 13.7. The van der Waals surface area contributed by atoms with Crippen LogP contribution in [-0.2, 0) is 22.4 Å². The van der Waals surface area contributed by atoms with Crippen molar-refractivity contribution in [1.82, 2.24) is 15.6 Å². The van der Waals surface area contributed by atoms with Gasteiger partial charge in [0.05, 0.1) is 17.7 Å². The molecule has 2 heterocycles. The number of aliphatic hydroxyl groups excluding tert-OH is 1. The number of terminal acetylenes is 1. The SMILES string of the molecule is C#Cc1cccc(C[C@H](NC(=O)[C@@H](C)OC)C(O)CNC2=CC3(CCC3)Oc3ncc(CC(C)(C)C)cc32)c1. The molecule has 1 amide bonds. The average molecular weight is 532 g/mol. The highest BCUT2D eigenvalue weighted by Crippen LogP contribution is 2.44. The first-order chi connectivity index (χ1) is 18.5. The van der Waals surface area contributed by atoms with Gasteiger partial charge in [-0.1, -0.05) is 38.8 Å². The van der Waals surface area contributed by atoms with Crippen molar-refractivity contribution in [2.45, 2.75) is 83.6 Å². The van der Waals surface area contributed by atoms with Crippen LogP contribution in [0.15, 0.2) is 42.6 Å². The van der Waals surface area contributed by atoms with Gasteiger partial charge in [0.15, 0.2) is 0 Å². The minimum atomic E-state index is -0.886.